The molecule has 17 unspecified atom stereocenters. The van der Waals surface area contributed by atoms with Crippen LogP contribution in [0, 0.1) is 0 Å². The van der Waals surface area contributed by atoms with E-state index in [1.165, 1.54) is 0 Å². The number of hydrogen-bond donors (Lipinski definition) is 12. The molecule has 0 radical (unpaired) electrons. The van der Waals surface area contributed by atoms with Crippen LogP contribution in [0.3, 0.4) is 0 Å². The van der Waals surface area contributed by atoms with Crippen molar-refractivity contribution in [2.45, 2.75) is 214 Å². The average Bonchev–Trinajstić information content (AvgIpc) is 3.49. The predicted octanol–water partition coefficient (Wildman–Crippen LogP) is 3.75. The standard InChI is InChI=1S/C59H93NO18/c1-3-5-7-9-11-13-15-16-17-18-19-20-21-22-23-24-25-26-27-29-31-33-35-37-47(65)60-42(43(64)36-34-32-30-28-14-12-10-8-6-4-2)41-73-57-53(71)50(68)55(45(39-62)75-57)78-59-54(72)51(69)56(46(40-63)76-59)77-58-52(70)49(67)48(66)44(38-61)74-58/h5-8,11,13-14,16-17,19-20,22-23,25-26,28-29,31,34,36,42-46,48-59,61-64,66-72H,3-4,9-10,12,15,18,21,24,27,30,32-33,35,37-41H2,1-2H3,(H,60,65)/b7-5-,8-6+,13-11-,17-16-,20-19-,23-22-,26-25-,28-14+,31-29-,36-34+. The second-order valence-corrected chi connectivity index (χ2v) is 19.3. The Bertz CT molecular complexity index is 1890. The predicted molar refractivity (Wildman–Crippen MR) is 295 cm³/mol. The molecule has 442 valence electrons. The lowest BCUT2D eigenvalue weighted by Gasteiger charge is -2.48. The van der Waals surface area contributed by atoms with E-state index < -0.39 is 131 Å². The molecule has 0 aromatic carbocycles. The van der Waals surface area contributed by atoms with Gasteiger partial charge in [-0.2, -0.15) is 0 Å². The largest absolute Gasteiger partial charge is 0.394 e. The summed E-state index contributed by atoms with van der Waals surface area (Å²) >= 11 is 0. The number of aliphatic hydroxyl groups excluding tert-OH is 11. The van der Waals surface area contributed by atoms with Gasteiger partial charge in [0.1, 0.15) is 73.2 Å². The second kappa shape index (κ2) is 41.2. The number of allylic oxidation sites excluding steroid dienone is 19. The molecule has 17 atom stereocenters. The van der Waals surface area contributed by atoms with Gasteiger partial charge in [-0.1, -0.05) is 135 Å². The van der Waals surface area contributed by atoms with Gasteiger partial charge in [-0.3, -0.25) is 4.79 Å². The van der Waals surface area contributed by atoms with Gasteiger partial charge < -0.3 is 89.9 Å². The zero-order valence-corrected chi connectivity index (χ0v) is 45.6. The zero-order chi connectivity index (χ0) is 56.9. The number of hydrogen-bond acceptors (Lipinski definition) is 18. The third-order valence-electron chi connectivity index (χ3n) is 13.0. The van der Waals surface area contributed by atoms with Crippen molar-refractivity contribution < 1.29 is 89.4 Å². The van der Waals surface area contributed by atoms with Crippen LogP contribution >= 0.6 is 0 Å². The minimum atomic E-state index is -1.99. The fourth-order valence-electron chi connectivity index (χ4n) is 8.45. The number of nitrogens with one attached hydrogen (secondary N) is 1. The van der Waals surface area contributed by atoms with E-state index in [9.17, 15) is 61.0 Å². The lowest BCUT2D eigenvalue weighted by Crippen LogP contribution is -2.66. The Morgan fingerprint density at radius 1 is 0.462 bits per heavy atom. The van der Waals surface area contributed by atoms with Gasteiger partial charge in [-0.15, -0.1) is 0 Å². The first-order valence-electron chi connectivity index (χ1n) is 27.8. The summed E-state index contributed by atoms with van der Waals surface area (Å²) in [6.07, 6.45) is 26.5. The molecule has 0 aliphatic carbocycles. The highest BCUT2D eigenvalue weighted by Gasteiger charge is 2.53. The Hall–Kier alpha value is -3.81. The number of rotatable bonds is 37. The van der Waals surface area contributed by atoms with Crippen molar-refractivity contribution >= 4 is 5.91 Å². The van der Waals surface area contributed by atoms with E-state index in [4.69, 9.17) is 28.4 Å². The van der Waals surface area contributed by atoms with E-state index in [1.807, 2.05) is 12.2 Å². The molecule has 1 amide bonds. The summed E-state index contributed by atoms with van der Waals surface area (Å²) in [4.78, 5) is 13.2. The highest BCUT2D eigenvalue weighted by Crippen LogP contribution is 2.33. The number of unbranched alkanes of at least 4 members (excludes halogenated alkanes) is 3. The zero-order valence-electron chi connectivity index (χ0n) is 45.6. The second-order valence-electron chi connectivity index (χ2n) is 19.3. The summed E-state index contributed by atoms with van der Waals surface area (Å²) in [6, 6.07) is -1.03. The van der Waals surface area contributed by atoms with Gasteiger partial charge in [0.2, 0.25) is 5.91 Å². The van der Waals surface area contributed by atoms with Gasteiger partial charge in [-0.05, 0) is 89.9 Å². The SMILES string of the molecule is CC/C=C\C/C=C\C/C=C\C/C=C\C/C=C\C/C=C\C/C=C\CCCC(=O)NC(COC1OC(CO)C(OC2OC(CO)C(OC3OC(CO)C(O)C(O)C3O)C(O)C2O)C(O)C1O)C(O)/C=C/CC/C=C/CC/C=C/CC. The van der Waals surface area contributed by atoms with Crippen molar-refractivity contribution in [1.82, 2.24) is 5.32 Å². The van der Waals surface area contributed by atoms with E-state index in [2.05, 4.69) is 116 Å². The molecule has 19 nitrogen and oxygen atoms in total. The maximum Gasteiger partial charge on any atom is 0.220 e. The summed E-state index contributed by atoms with van der Waals surface area (Å²) in [5, 5.41) is 120. The van der Waals surface area contributed by atoms with E-state index in [0.29, 0.717) is 19.3 Å². The van der Waals surface area contributed by atoms with Crippen LogP contribution in [0.5, 0.6) is 0 Å². The molecule has 19 heteroatoms. The number of ether oxygens (including phenoxy) is 6. The summed E-state index contributed by atoms with van der Waals surface area (Å²) in [5.41, 5.74) is 0. The third-order valence-corrected chi connectivity index (χ3v) is 13.0. The molecule has 0 spiro atoms. The van der Waals surface area contributed by atoms with E-state index in [0.717, 1.165) is 70.6 Å². The van der Waals surface area contributed by atoms with Crippen LogP contribution in [-0.4, -0.2) is 193 Å². The molecule has 3 fully saturated rings. The fourth-order valence-corrected chi connectivity index (χ4v) is 8.45. The van der Waals surface area contributed by atoms with Gasteiger partial charge in [0.15, 0.2) is 18.9 Å². The van der Waals surface area contributed by atoms with Crippen molar-refractivity contribution in [3.63, 3.8) is 0 Å². The van der Waals surface area contributed by atoms with Crippen molar-refractivity contribution in [3.8, 4) is 0 Å². The average molecular weight is 1100 g/mol. The molecule has 0 bridgehead atoms. The highest BCUT2D eigenvalue weighted by atomic mass is 16.8. The van der Waals surface area contributed by atoms with Crippen LogP contribution in [0.4, 0.5) is 0 Å². The summed E-state index contributed by atoms with van der Waals surface area (Å²) in [6.45, 7) is 1.35. The van der Waals surface area contributed by atoms with Crippen LogP contribution < -0.4 is 5.32 Å². The number of carbonyl (C=O) groups excluding carboxylic acids is 1. The molecule has 0 saturated carbocycles. The molecule has 3 rings (SSSR count). The van der Waals surface area contributed by atoms with Crippen LogP contribution in [0.25, 0.3) is 0 Å². The quantitative estimate of drug-likeness (QED) is 0.0311. The highest BCUT2D eigenvalue weighted by molar-refractivity contribution is 5.76. The van der Waals surface area contributed by atoms with Crippen molar-refractivity contribution in [2.24, 2.45) is 0 Å². The van der Waals surface area contributed by atoms with Crippen LogP contribution in [0.1, 0.15) is 110 Å². The first-order chi connectivity index (χ1) is 37.8. The lowest BCUT2D eigenvalue weighted by atomic mass is 9.96. The van der Waals surface area contributed by atoms with E-state index >= 15 is 0 Å². The summed E-state index contributed by atoms with van der Waals surface area (Å²) < 4.78 is 34.1. The Morgan fingerprint density at radius 2 is 0.833 bits per heavy atom. The maximum absolute atomic E-state index is 13.2. The van der Waals surface area contributed by atoms with Crippen molar-refractivity contribution in [3.05, 3.63) is 122 Å². The summed E-state index contributed by atoms with van der Waals surface area (Å²) in [7, 11) is 0. The van der Waals surface area contributed by atoms with Crippen LogP contribution in [0.2, 0.25) is 0 Å². The molecule has 3 aliphatic rings. The van der Waals surface area contributed by atoms with E-state index in [-0.39, 0.29) is 12.3 Å². The minimum absolute atomic E-state index is 0.143. The number of amides is 1. The third kappa shape index (κ3) is 25.3. The van der Waals surface area contributed by atoms with Crippen molar-refractivity contribution in [2.75, 3.05) is 26.4 Å². The monoisotopic (exact) mass is 1100 g/mol. The summed E-state index contributed by atoms with van der Waals surface area (Å²) in [5.74, 6) is -0.358. The van der Waals surface area contributed by atoms with Crippen LogP contribution in [-0.2, 0) is 33.2 Å². The maximum atomic E-state index is 13.2. The molecular formula is C59H93NO18. The normalized spacial score (nSPS) is 31.4. The molecule has 3 heterocycles. The fraction of sp³-hybridized carbons (Fsp3) is 0.644. The van der Waals surface area contributed by atoms with Gasteiger partial charge in [0.25, 0.3) is 0 Å². The molecule has 3 saturated heterocycles. The Balaban J connectivity index is 1.52. The molecular weight excluding hydrogens is 1010 g/mol. The Morgan fingerprint density at radius 3 is 1.31 bits per heavy atom. The Kier molecular flexibility index (Phi) is 36.2. The van der Waals surface area contributed by atoms with Gasteiger partial charge in [-0.25, -0.2) is 0 Å². The first kappa shape index (κ1) is 68.5. The minimum Gasteiger partial charge on any atom is -0.394 e. The number of aliphatic hydroxyl groups is 11. The molecule has 0 aromatic rings. The van der Waals surface area contributed by atoms with Crippen LogP contribution in [0.15, 0.2) is 122 Å². The van der Waals surface area contributed by atoms with E-state index in [1.54, 1.807) is 12.2 Å². The Labute approximate surface area is 461 Å². The topological polar surface area (TPSA) is 307 Å². The van der Waals surface area contributed by atoms with Crippen molar-refractivity contribution in [1.29, 1.82) is 0 Å². The van der Waals surface area contributed by atoms with Gasteiger partial charge in [0.05, 0.1) is 38.6 Å². The first-order valence-corrected chi connectivity index (χ1v) is 27.8. The molecule has 12 N–H and O–H groups in total. The molecule has 78 heavy (non-hydrogen) atoms. The van der Waals surface area contributed by atoms with Gasteiger partial charge in [0, 0.05) is 6.42 Å². The molecule has 0 aromatic heterocycles. The lowest BCUT2D eigenvalue weighted by molar-refractivity contribution is -0.379. The molecule has 3 aliphatic heterocycles. The van der Waals surface area contributed by atoms with Gasteiger partial charge >= 0.3 is 0 Å². The smallest absolute Gasteiger partial charge is 0.220 e. The number of carbonyl (C=O) groups is 1.